The summed E-state index contributed by atoms with van der Waals surface area (Å²) in [4.78, 5) is 18.4. The van der Waals surface area contributed by atoms with E-state index in [1.54, 1.807) is 13.0 Å². The molecule has 2 atom stereocenters. The van der Waals surface area contributed by atoms with Crippen LogP contribution >= 0.6 is 0 Å². The first-order valence-electron chi connectivity index (χ1n) is 8.11. The van der Waals surface area contributed by atoms with Crippen molar-refractivity contribution in [3.05, 3.63) is 71.0 Å². The molecule has 142 valence electrons. The largest absolute Gasteiger partial charge is 0.416 e. The van der Waals surface area contributed by atoms with Crippen LogP contribution in [-0.2, 0) is 16.5 Å². The van der Waals surface area contributed by atoms with E-state index < -0.39 is 34.9 Å². The number of nitrogens with two attached hydrogens (primary N) is 1. The highest BCUT2D eigenvalue weighted by atomic mass is 19.4. The molecule has 2 unspecified atom stereocenters. The molecule has 0 aromatic heterocycles. The van der Waals surface area contributed by atoms with Crippen molar-refractivity contribution in [1.82, 2.24) is 4.90 Å². The Morgan fingerprint density at radius 1 is 1.11 bits per heavy atom. The summed E-state index contributed by atoms with van der Waals surface area (Å²) in [6.45, 7) is 1.55. The third-order valence-corrected chi connectivity index (χ3v) is 4.82. The molecule has 2 N–H and O–H groups in total. The highest BCUT2D eigenvalue weighted by Crippen LogP contribution is 2.45. The maximum Gasteiger partial charge on any atom is 0.416 e. The molecular formula is C19H17F4N3O. The van der Waals surface area contributed by atoms with Crippen LogP contribution in [0.25, 0.3) is 0 Å². The monoisotopic (exact) mass is 379 g/mol. The highest BCUT2D eigenvalue weighted by molar-refractivity contribution is 6.02. The van der Waals surface area contributed by atoms with Crippen LogP contribution in [0.1, 0.15) is 29.5 Å². The summed E-state index contributed by atoms with van der Waals surface area (Å²) in [5, 5.41) is 0. The van der Waals surface area contributed by atoms with Crippen molar-refractivity contribution < 1.29 is 22.4 Å². The second kappa shape index (κ2) is 6.37. The molecule has 1 aliphatic heterocycles. The summed E-state index contributed by atoms with van der Waals surface area (Å²) in [5.41, 5.74) is 4.03. The topological polar surface area (TPSA) is 58.7 Å². The summed E-state index contributed by atoms with van der Waals surface area (Å²) >= 11 is 0. The first-order chi connectivity index (χ1) is 12.6. The molecular weight excluding hydrogens is 362 g/mol. The summed E-state index contributed by atoms with van der Waals surface area (Å²) in [5.74, 6) is -2.18. The molecule has 1 heterocycles. The van der Waals surface area contributed by atoms with Crippen molar-refractivity contribution in [2.75, 3.05) is 7.05 Å². The van der Waals surface area contributed by atoms with Crippen LogP contribution in [0.2, 0.25) is 0 Å². The van der Waals surface area contributed by atoms with Crippen molar-refractivity contribution in [2.45, 2.75) is 24.6 Å². The fraction of sp³-hybridized carbons (Fsp3) is 0.263. The summed E-state index contributed by atoms with van der Waals surface area (Å²) in [6, 6.07) is 10.0. The van der Waals surface area contributed by atoms with Gasteiger partial charge >= 0.3 is 6.18 Å². The lowest BCUT2D eigenvalue weighted by atomic mass is 9.74. The fourth-order valence-corrected chi connectivity index (χ4v) is 3.34. The Hall–Kier alpha value is -2.90. The van der Waals surface area contributed by atoms with E-state index in [4.69, 9.17) is 5.73 Å². The third kappa shape index (κ3) is 3.15. The molecule has 1 amide bonds. The molecule has 4 nitrogen and oxygen atoms in total. The molecule has 0 saturated carbocycles. The summed E-state index contributed by atoms with van der Waals surface area (Å²) in [6.07, 6.45) is -4.50. The lowest BCUT2D eigenvalue weighted by Crippen LogP contribution is -2.52. The van der Waals surface area contributed by atoms with E-state index >= 15 is 0 Å². The molecule has 2 aromatic carbocycles. The average Bonchev–Trinajstić information content (AvgIpc) is 2.60. The second-order valence-corrected chi connectivity index (χ2v) is 6.55. The van der Waals surface area contributed by atoms with Crippen molar-refractivity contribution >= 4 is 11.9 Å². The number of rotatable bonds is 2. The smallest absolute Gasteiger partial charge is 0.369 e. The minimum Gasteiger partial charge on any atom is -0.369 e. The van der Waals surface area contributed by atoms with Gasteiger partial charge in [0.05, 0.1) is 11.5 Å². The van der Waals surface area contributed by atoms with Gasteiger partial charge < -0.3 is 5.73 Å². The summed E-state index contributed by atoms with van der Waals surface area (Å²) in [7, 11) is 1.42. The normalized spacial score (nSPS) is 23.3. The molecule has 0 saturated heterocycles. The number of amides is 1. The zero-order valence-electron chi connectivity index (χ0n) is 14.6. The Balaban J connectivity index is 2.18. The number of benzene rings is 2. The van der Waals surface area contributed by atoms with Gasteiger partial charge in [0.2, 0.25) is 5.91 Å². The van der Waals surface area contributed by atoms with Gasteiger partial charge in [0.1, 0.15) is 11.4 Å². The Morgan fingerprint density at radius 2 is 1.70 bits per heavy atom. The number of guanidine groups is 1. The molecule has 27 heavy (non-hydrogen) atoms. The van der Waals surface area contributed by atoms with Crippen LogP contribution < -0.4 is 5.73 Å². The lowest BCUT2D eigenvalue weighted by Gasteiger charge is -2.41. The van der Waals surface area contributed by atoms with Crippen LogP contribution in [0.5, 0.6) is 0 Å². The predicted octanol–water partition coefficient (Wildman–Crippen LogP) is 3.63. The standard InChI is InChI=1S/C19H17F4N3O/c1-18(13-5-3-4-6-14(13)20)15(16(27)26(2)17(24)25-18)11-7-9-12(10-8-11)19(21,22)23/h3-10,15H,1-2H3,(H2,24,25). The van der Waals surface area contributed by atoms with Gasteiger partial charge in [0.15, 0.2) is 5.96 Å². The van der Waals surface area contributed by atoms with E-state index in [2.05, 4.69) is 4.99 Å². The van der Waals surface area contributed by atoms with Crippen LogP contribution in [0.15, 0.2) is 53.5 Å². The van der Waals surface area contributed by atoms with E-state index in [-0.39, 0.29) is 11.5 Å². The number of carbonyl (C=O) groups is 1. The first kappa shape index (κ1) is 18.9. The van der Waals surface area contributed by atoms with Crippen LogP contribution in [-0.4, -0.2) is 23.8 Å². The number of alkyl halides is 3. The third-order valence-electron chi connectivity index (χ3n) is 4.82. The molecule has 0 radical (unpaired) electrons. The van der Waals surface area contributed by atoms with Gasteiger partial charge in [-0.15, -0.1) is 0 Å². The first-order valence-corrected chi connectivity index (χ1v) is 8.11. The fourth-order valence-electron chi connectivity index (χ4n) is 3.34. The minimum absolute atomic E-state index is 0.0890. The average molecular weight is 379 g/mol. The maximum absolute atomic E-state index is 14.5. The number of carbonyl (C=O) groups excluding carboxylic acids is 1. The van der Waals surface area contributed by atoms with Gasteiger partial charge in [-0.2, -0.15) is 13.2 Å². The van der Waals surface area contributed by atoms with E-state index in [0.29, 0.717) is 5.56 Å². The van der Waals surface area contributed by atoms with E-state index in [1.807, 2.05) is 0 Å². The van der Waals surface area contributed by atoms with Crippen molar-refractivity contribution in [3.8, 4) is 0 Å². The van der Waals surface area contributed by atoms with Gasteiger partial charge in [-0.3, -0.25) is 9.69 Å². The molecule has 0 fully saturated rings. The Bertz CT molecular complexity index is 908. The Kier molecular flexibility index (Phi) is 4.45. The van der Waals surface area contributed by atoms with Gasteiger partial charge in [0, 0.05) is 12.6 Å². The molecule has 8 heteroatoms. The van der Waals surface area contributed by atoms with Gasteiger partial charge in [-0.05, 0) is 30.7 Å². The van der Waals surface area contributed by atoms with Crippen LogP contribution in [0.4, 0.5) is 17.6 Å². The van der Waals surface area contributed by atoms with Gasteiger partial charge in [-0.25, -0.2) is 9.38 Å². The van der Waals surface area contributed by atoms with E-state index in [0.717, 1.165) is 17.0 Å². The van der Waals surface area contributed by atoms with Crippen molar-refractivity contribution in [3.63, 3.8) is 0 Å². The number of halogens is 4. The molecule has 0 spiro atoms. The molecule has 0 bridgehead atoms. The van der Waals surface area contributed by atoms with Crippen LogP contribution in [0.3, 0.4) is 0 Å². The zero-order chi connectivity index (χ0) is 20.0. The minimum atomic E-state index is -4.50. The maximum atomic E-state index is 14.5. The highest BCUT2D eigenvalue weighted by Gasteiger charge is 2.48. The van der Waals surface area contributed by atoms with E-state index in [9.17, 15) is 22.4 Å². The van der Waals surface area contributed by atoms with Gasteiger partial charge in [0.25, 0.3) is 0 Å². The number of nitrogens with zero attached hydrogens (tertiary/aromatic N) is 2. The summed E-state index contributed by atoms with van der Waals surface area (Å²) < 4.78 is 53.1. The lowest BCUT2D eigenvalue weighted by molar-refractivity contribution is -0.137. The SMILES string of the molecule is CN1C(=O)C(c2ccc(C(F)(F)F)cc2)C(C)(c2ccccc2F)N=C1N. The Labute approximate surface area is 153 Å². The predicted molar refractivity (Wildman–Crippen MR) is 92.3 cm³/mol. The number of aliphatic imine (C=N–C) groups is 1. The Morgan fingerprint density at radius 3 is 2.26 bits per heavy atom. The number of likely N-dealkylation sites (N-methyl/N-ethyl adjacent to an activating group) is 1. The quantitative estimate of drug-likeness (QED) is 0.810. The molecule has 1 aliphatic rings. The molecule has 2 aromatic rings. The molecule has 3 rings (SSSR count). The molecule has 0 aliphatic carbocycles. The van der Waals surface area contributed by atoms with Crippen molar-refractivity contribution in [1.29, 1.82) is 0 Å². The van der Waals surface area contributed by atoms with Crippen LogP contribution in [0, 0.1) is 5.82 Å². The second-order valence-electron chi connectivity index (χ2n) is 6.55. The number of hydrogen-bond acceptors (Lipinski definition) is 3. The van der Waals surface area contributed by atoms with E-state index in [1.165, 1.54) is 37.4 Å². The zero-order valence-corrected chi connectivity index (χ0v) is 14.6. The van der Waals surface area contributed by atoms with Gasteiger partial charge in [-0.1, -0.05) is 30.3 Å². The number of hydrogen-bond donors (Lipinski definition) is 1. The van der Waals surface area contributed by atoms with Crippen molar-refractivity contribution in [2.24, 2.45) is 10.7 Å².